The first-order valence-electron chi connectivity index (χ1n) is 8.27. The van der Waals surface area contributed by atoms with Crippen LogP contribution in [0.2, 0.25) is 10.0 Å². The van der Waals surface area contributed by atoms with Crippen molar-refractivity contribution < 1.29 is 0 Å². The number of hydrogen-bond donors (Lipinski definition) is 0. The third kappa shape index (κ3) is 3.33. The zero-order chi connectivity index (χ0) is 18.4. The standard InChI is InChI=1S/C21H22Cl2N2/c1-13-11-21(3,4)25(5)20-10-18(23)15(9-16(13)20)12-24-19-8-6-7-17(22)14(19)2/h6-12H,1-5H3. The van der Waals surface area contributed by atoms with Gasteiger partial charge in [-0.25, -0.2) is 0 Å². The van der Waals surface area contributed by atoms with Gasteiger partial charge in [0.1, 0.15) is 0 Å². The van der Waals surface area contributed by atoms with E-state index in [4.69, 9.17) is 23.2 Å². The van der Waals surface area contributed by atoms with Crippen molar-refractivity contribution in [2.24, 2.45) is 4.99 Å². The number of rotatable bonds is 2. The summed E-state index contributed by atoms with van der Waals surface area (Å²) in [6.45, 7) is 8.51. The molecule has 1 heterocycles. The first-order valence-corrected chi connectivity index (χ1v) is 9.02. The largest absolute Gasteiger partial charge is 0.365 e. The fraction of sp³-hybridized carbons (Fsp3) is 0.286. The van der Waals surface area contributed by atoms with Crippen molar-refractivity contribution >= 4 is 46.4 Å². The summed E-state index contributed by atoms with van der Waals surface area (Å²) in [5.74, 6) is 0. The highest BCUT2D eigenvalue weighted by molar-refractivity contribution is 6.33. The van der Waals surface area contributed by atoms with Crippen molar-refractivity contribution in [3.05, 3.63) is 63.1 Å². The van der Waals surface area contributed by atoms with Crippen LogP contribution in [-0.4, -0.2) is 18.8 Å². The SMILES string of the molecule is CC1=CC(C)(C)N(C)c2cc(Cl)c(C=Nc3cccc(Cl)c3C)cc21. The third-order valence-corrected chi connectivity index (χ3v) is 5.65. The van der Waals surface area contributed by atoms with Gasteiger partial charge in [-0.05, 0) is 63.1 Å². The van der Waals surface area contributed by atoms with Gasteiger partial charge >= 0.3 is 0 Å². The van der Waals surface area contributed by atoms with Crippen molar-refractivity contribution in [2.45, 2.75) is 33.2 Å². The normalized spacial score (nSPS) is 16.1. The zero-order valence-electron chi connectivity index (χ0n) is 15.2. The van der Waals surface area contributed by atoms with Gasteiger partial charge in [-0.1, -0.05) is 35.3 Å². The lowest BCUT2D eigenvalue weighted by Gasteiger charge is -2.40. The molecule has 130 valence electrons. The highest BCUT2D eigenvalue weighted by Crippen LogP contribution is 2.40. The first-order chi connectivity index (χ1) is 11.7. The van der Waals surface area contributed by atoms with Crippen LogP contribution in [0, 0.1) is 6.92 Å². The molecule has 0 bridgehead atoms. The van der Waals surface area contributed by atoms with Crippen molar-refractivity contribution in [1.82, 2.24) is 0 Å². The number of hydrogen-bond acceptors (Lipinski definition) is 2. The third-order valence-electron chi connectivity index (χ3n) is 4.92. The maximum Gasteiger partial charge on any atom is 0.0673 e. The maximum absolute atomic E-state index is 6.54. The molecule has 3 rings (SSSR count). The lowest BCUT2D eigenvalue weighted by atomic mass is 9.88. The number of nitrogens with zero attached hydrogens (tertiary/aromatic N) is 2. The molecule has 1 aliphatic heterocycles. The summed E-state index contributed by atoms with van der Waals surface area (Å²) in [4.78, 5) is 6.85. The highest BCUT2D eigenvalue weighted by Gasteiger charge is 2.29. The number of anilines is 1. The van der Waals surface area contributed by atoms with Gasteiger partial charge in [0.25, 0.3) is 0 Å². The molecule has 0 unspecified atom stereocenters. The average Bonchev–Trinajstić information content (AvgIpc) is 2.54. The molecular formula is C21H22Cl2N2. The predicted octanol–water partition coefficient (Wildman–Crippen LogP) is 6.68. The molecule has 4 heteroatoms. The van der Waals surface area contributed by atoms with Gasteiger partial charge in [-0.15, -0.1) is 0 Å². The topological polar surface area (TPSA) is 15.6 Å². The molecule has 0 saturated heterocycles. The van der Waals surface area contributed by atoms with Crippen molar-refractivity contribution in [2.75, 3.05) is 11.9 Å². The maximum atomic E-state index is 6.54. The Labute approximate surface area is 159 Å². The quantitative estimate of drug-likeness (QED) is 0.536. The molecule has 2 aromatic carbocycles. The van der Waals surface area contributed by atoms with Gasteiger partial charge in [0.15, 0.2) is 0 Å². The molecule has 0 amide bonds. The monoisotopic (exact) mass is 372 g/mol. The van der Waals surface area contributed by atoms with E-state index >= 15 is 0 Å². The molecule has 2 aromatic rings. The van der Waals surface area contributed by atoms with Crippen molar-refractivity contribution in [1.29, 1.82) is 0 Å². The molecule has 0 fully saturated rings. The summed E-state index contributed by atoms with van der Waals surface area (Å²) in [5, 5.41) is 1.41. The summed E-state index contributed by atoms with van der Waals surface area (Å²) < 4.78 is 0. The van der Waals surface area contributed by atoms with E-state index in [-0.39, 0.29) is 5.54 Å². The van der Waals surface area contributed by atoms with Crippen molar-refractivity contribution in [3.8, 4) is 0 Å². The Bertz CT molecular complexity index is 895. The zero-order valence-corrected chi connectivity index (χ0v) is 16.7. The number of fused-ring (bicyclic) bond motifs is 1. The van der Waals surface area contributed by atoms with E-state index in [2.05, 4.69) is 49.9 Å². The van der Waals surface area contributed by atoms with Gasteiger partial charge in [-0.3, -0.25) is 4.99 Å². The predicted molar refractivity (Wildman–Crippen MR) is 111 cm³/mol. The second-order valence-electron chi connectivity index (χ2n) is 7.07. The molecule has 0 N–H and O–H groups in total. The minimum atomic E-state index is -0.0338. The summed E-state index contributed by atoms with van der Waals surface area (Å²) in [7, 11) is 2.10. The van der Waals surface area contributed by atoms with Crippen molar-refractivity contribution in [3.63, 3.8) is 0 Å². The molecule has 2 nitrogen and oxygen atoms in total. The molecular weight excluding hydrogens is 351 g/mol. The Morgan fingerprint density at radius 2 is 1.80 bits per heavy atom. The van der Waals surface area contributed by atoms with E-state index in [1.54, 1.807) is 0 Å². The second kappa shape index (κ2) is 6.51. The van der Waals surface area contributed by atoms with Crippen LogP contribution in [0.25, 0.3) is 5.57 Å². The summed E-state index contributed by atoms with van der Waals surface area (Å²) in [5.41, 5.74) is 6.28. The Hall–Kier alpha value is -1.77. The van der Waals surface area contributed by atoms with E-state index in [9.17, 15) is 0 Å². The lowest BCUT2D eigenvalue weighted by molar-refractivity contribution is 0.598. The van der Waals surface area contributed by atoms with E-state index in [0.717, 1.165) is 22.5 Å². The number of allylic oxidation sites excluding steroid dienone is 1. The number of halogens is 2. The van der Waals surface area contributed by atoms with Gasteiger partial charge in [0.05, 0.1) is 16.2 Å². The Balaban J connectivity index is 2.04. The average molecular weight is 373 g/mol. The van der Waals surface area contributed by atoms with Crippen LogP contribution in [0.3, 0.4) is 0 Å². The number of aliphatic imine (C=N–C) groups is 1. The van der Waals surface area contributed by atoms with E-state index in [0.29, 0.717) is 10.0 Å². The fourth-order valence-electron chi connectivity index (χ4n) is 3.16. The Morgan fingerprint density at radius 1 is 1.08 bits per heavy atom. The van der Waals surface area contributed by atoms with Gasteiger partial charge in [0, 0.05) is 35.1 Å². The smallest absolute Gasteiger partial charge is 0.0673 e. The number of likely N-dealkylation sites (N-methyl/N-ethyl adjacent to an activating group) is 1. The Kier molecular flexibility index (Phi) is 4.70. The van der Waals surface area contributed by atoms with Gasteiger partial charge in [-0.2, -0.15) is 0 Å². The lowest BCUT2D eigenvalue weighted by Crippen LogP contribution is -2.42. The van der Waals surface area contributed by atoms with Crippen LogP contribution in [0.5, 0.6) is 0 Å². The highest BCUT2D eigenvalue weighted by atomic mass is 35.5. The van der Waals surface area contributed by atoms with Crippen LogP contribution in [-0.2, 0) is 0 Å². The number of benzene rings is 2. The van der Waals surface area contributed by atoms with Crippen LogP contribution in [0.15, 0.2) is 41.4 Å². The second-order valence-corrected chi connectivity index (χ2v) is 7.89. The molecule has 1 aliphatic rings. The molecule has 0 radical (unpaired) electrons. The van der Waals surface area contributed by atoms with E-state index in [1.807, 2.05) is 37.4 Å². The molecule has 0 atom stereocenters. The molecule has 0 aliphatic carbocycles. The molecule has 25 heavy (non-hydrogen) atoms. The summed E-state index contributed by atoms with van der Waals surface area (Å²) >= 11 is 12.7. The van der Waals surface area contributed by atoms with Gasteiger partial charge < -0.3 is 4.90 Å². The molecule has 0 aromatic heterocycles. The minimum absolute atomic E-state index is 0.0338. The van der Waals surface area contributed by atoms with E-state index < -0.39 is 0 Å². The minimum Gasteiger partial charge on any atom is -0.365 e. The van der Waals surface area contributed by atoms with E-state index in [1.165, 1.54) is 11.1 Å². The van der Waals surface area contributed by atoms with Crippen LogP contribution in [0.4, 0.5) is 11.4 Å². The van der Waals surface area contributed by atoms with Gasteiger partial charge in [0.2, 0.25) is 0 Å². The molecule has 0 spiro atoms. The van der Waals surface area contributed by atoms with Crippen LogP contribution < -0.4 is 4.90 Å². The first kappa shape index (κ1) is 18.0. The Morgan fingerprint density at radius 3 is 2.52 bits per heavy atom. The summed E-state index contributed by atoms with van der Waals surface area (Å²) in [6, 6.07) is 9.86. The van der Waals surface area contributed by atoms with Crippen LogP contribution in [0.1, 0.15) is 37.5 Å². The summed E-state index contributed by atoms with van der Waals surface area (Å²) in [6.07, 6.45) is 4.10. The fourth-order valence-corrected chi connectivity index (χ4v) is 3.54. The van der Waals surface area contributed by atoms with Crippen LogP contribution >= 0.6 is 23.2 Å². The molecule has 0 saturated carbocycles.